The Labute approximate surface area is 96.1 Å². The molecule has 3 nitrogen and oxygen atoms in total. The van der Waals surface area contributed by atoms with Crippen molar-refractivity contribution in [2.24, 2.45) is 0 Å². The van der Waals surface area contributed by atoms with E-state index in [2.05, 4.69) is 41.9 Å². The predicted octanol–water partition coefficient (Wildman–Crippen LogP) is 3.16. The van der Waals surface area contributed by atoms with Crippen LogP contribution in [0.15, 0.2) is 20.7 Å². The van der Waals surface area contributed by atoms with Crippen molar-refractivity contribution in [2.45, 2.75) is 6.92 Å². The average molecular weight is 323 g/mol. The van der Waals surface area contributed by atoms with Gasteiger partial charge in [-0.25, -0.2) is 9.67 Å². The van der Waals surface area contributed by atoms with Gasteiger partial charge in [0.05, 0.1) is 5.69 Å². The summed E-state index contributed by atoms with van der Waals surface area (Å²) < 4.78 is 3.56. The molecule has 0 radical (unpaired) electrons. The van der Waals surface area contributed by atoms with E-state index in [4.69, 9.17) is 0 Å². The third-order valence-electron chi connectivity index (χ3n) is 1.46. The number of thiazole rings is 1. The van der Waals surface area contributed by atoms with E-state index < -0.39 is 0 Å². The smallest absolute Gasteiger partial charge is 0.212 e. The molecular weight excluding hydrogens is 318 g/mol. The Balaban J connectivity index is 2.46. The Hall–Kier alpha value is -0.200. The minimum atomic E-state index is 0.820. The van der Waals surface area contributed by atoms with E-state index in [1.165, 1.54) is 11.3 Å². The molecule has 13 heavy (non-hydrogen) atoms. The molecule has 0 fully saturated rings. The van der Waals surface area contributed by atoms with Gasteiger partial charge in [0.25, 0.3) is 0 Å². The van der Waals surface area contributed by atoms with Crippen LogP contribution in [0.2, 0.25) is 0 Å². The SMILES string of the molecule is Cc1ccn(-c2nc(Br)c(Br)s2)n1. The van der Waals surface area contributed by atoms with Gasteiger partial charge in [-0.05, 0) is 44.8 Å². The van der Waals surface area contributed by atoms with Gasteiger partial charge in [-0.1, -0.05) is 11.3 Å². The van der Waals surface area contributed by atoms with E-state index in [0.717, 1.165) is 19.2 Å². The van der Waals surface area contributed by atoms with Crippen molar-refractivity contribution in [3.05, 3.63) is 26.3 Å². The summed E-state index contributed by atoms with van der Waals surface area (Å²) in [5, 5.41) is 5.11. The van der Waals surface area contributed by atoms with Gasteiger partial charge in [0, 0.05) is 6.20 Å². The molecule has 0 bridgehead atoms. The first kappa shape index (κ1) is 9.36. The van der Waals surface area contributed by atoms with Crippen molar-refractivity contribution in [3.8, 4) is 5.13 Å². The number of hydrogen-bond acceptors (Lipinski definition) is 3. The summed E-state index contributed by atoms with van der Waals surface area (Å²) in [6, 6.07) is 1.95. The van der Waals surface area contributed by atoms with Crippen molar-refractivity contribution < 1.29 is 0 Å². The maximum Gasteiger partial charge on any atom is 0.212 e. The van der Waals surface area contributed by atoms with Crippen LogP contribution in [0.3, 0.4) is 0 Å². The monoisotopic (exact) mass is 321 g/mol. The third kappa shape index (κ3) is 1.84. The first-order valence-corrected chi connectivity index (χ1v) is 5.91. The Morgan fingerprint density at radius 1 is 1.46 bits per heavy atom. The fraction of sp³-hybridized carbons (Fsp3) is 0.143. The van der Waals surface area contributed by atoms with Gasteiger partial charge in [0.1, 0.15) is 8.39 Å². The molecule has 0 aliphatic heterocycles. The van der Waals surface area contributed by atoms with Crippen molar-refractivity contribution in [2.75, 3.05) is 0 Å². The van der Waals surface area contributed by atoms with E-state index in [9.17, 15) is 0 Å². The van der Waals surface area contributed by atoms with Crippen LogP contribution in [-0.2, 0) is 0 Å². The van der Waals surface area contributed by atoms with E-state index in [1.54, 1.807) is 4.68 Å². The molecule has 0 saturated heterocycles. The second kappa shape index (κ2) is 3.51. The topological polar surface area (TPSA) is 30.7 Å². The van der Waals surface area contributed by atoms with Gasteiger partial charge in [-0.15, -0.1) is 0 Å². The van der Waals surface area contributed by atoms with Crippen LogP contribution in [-0.4, -0.2) is 14.8 Å². The maximum atomic E-state index is 4.28. The molecular formula is C7H5Br2N3S. The predicted molar refractivity (Wildman–Crippen MR) is 59.4 cm³/mol. The molecule has 68 valence electrons. The van der Waals surface area contributed by atoms with Gasteiger partial charge in [-0.3, -0.25) is 0 Å². The summed E-state index contributed by atoms with van der Waals surface area (Å²) >= 11 is 8.26. The summed E-state index contributed by atoms with van der Waals surface area (Å²) in [5.74, 6) is 0. The highest BCUT2D eigenvalue weighted by atomic mass is 79.9. The molecule has 2 rings (SSSR count). The van der Waals surface area contributed by atoms with Crippen LogP contribution in [0, 0.1) is 6.92 Å². The maximum absolute atomic E-state index is 4.28. The van der Waals surface area contributed by atoms with Crippen molar-refractivity contribution in [1.29, 1.82) is 0 Å². The van der Waals surface area contributed by atoms with Crippen LogP contribution in [0.5, 0.6) is 0 Å². The van der Waals surface area contributed by atoms with E-state index >= 15 is 0 Å². The van der Waals surface area contributed by atoms with Gasteiger partial charge < -0.3 is 0 Å². The number of halogens is 2. The Morgan fingerprint density at radius 3 is 2.69 bits per heavy atom. The zero-order chi connectivity index (χ0) is 9.42. The fourth-order valence-corrected chi connectivity index (χ4v) is 2.57. The van der Waals surface area contributed by atoms with Crippen LogP contribution in [0.1, 0.15) is 5.69 Å². The molecule has 2 aromatic heterocycles. The van der Waals surface area contributed by atoms with Crippen molar-refractivity contribution >= 4 is 43.2 Å². The molecule has 0 amide bonds. The number of nitrogens with zero attached hydrogens (tertiary/aromatic N) is 3. The Morgan fingerprint density at radius 2 is 2.23 bits per heavy atom. The molecule has 0 aliphatic rings. The van der Waals surface area contributed by atoms with Gasteiger partial charge in [0.2, 0.25) is 5.13 Å². The van der Waals surface area contributed by atoms with Crippen LogP contribution in [0.25, 0.3) is 5.13 Å². The highest BCUT2D eigenvalue weighted by molar-refractivity contribution is 9.13. The minimum absolute atomic E-state index is 0.820. The summed E-state index contributed by atoms with van der Waals surface area (Å²) in [4.78, 5) is 4.28. The lowest BCUT2D eigenvalue weighted by Gasteiger charge is -1.91. The van der Waals surface area contributed by atoms with Crippen molar-refractivity contribution in [3.63, 3.8) is 0 Å². The summed E-state index contributed by atoms with van der Waals surface area (Å²) in [5.41, 5.74) is 0.988. The zero-order valence-electron chi connectivity index (χ0n) is 6.66. The lowest BCUT2D eigenvalue weighted by Crippen LogP contribution is -1.93. The molecule has 0 aromatic carbocycles. The lowest BCUT2D eigenvalue weighted by atomic mass is 10.5. The number of aryl methyl sites for hydroxylation is 1. The van der Waals surface area contributed by atoms with Gasteiger partial charge in [-0.2, -0.15) is 5.10 Å². The molecule has 0 unspecified atom stereocenters. The third-order valence-corrected chi connectivity index (χ3v) is 4.52. The Kier molecular flexibility index (Phi) is 2.53. The highest BCUT2D eigenvalue weighted by Gasteiger charge is 2.07. The summed E-state index contributed by atoms with van der Waals surface area (Å²) in [7, 11) is 0. The molecule has 0 aliphatic carbocycles. The second-order valence-electron chi connectivity index (χ2n) is 2.46. The number of aromatic nitrogens is 3. The number of rotatable bonds is 1. The standard InChI is InChI=1S/C7H5Br2N3S/c1-4-2-3-12(11-4)7-10-5(8)6(9)13-7/h2-3H,1H3. The van der Waals surface area contributed by atoms with Crippen LogP contribution < -0.4 is 0 Å². The van der Waals surface area contributed by atoms with E-state index in [1.807, 2.05) is 19.2 Å². The van der Waals surface area contributed by atoms with Crippen molar-refractivity contribution in [1.82, 2.24) is 14.8 Å². The number of hydrogen-bond donors (Lipinski definition) is 0. The van der Waals surface area contributed by atoms with E-state index in [0.29, 0.717) is 0 Å². The highest BCUT2D eigenvalue weighted by Crippen LogP contribution is 2.30. The normalized spacial score (nSPS) is 10.7. The minimum Gasteiger partial charge on any atom is -0.213 e. The van der Waals surface area contributed by atoms with E-state index in [-0.39, 0.29) is 0 Å². The first-order chi connectivity index (χ1) is 6.16. The second-order valence-corrected chi connectivity index (χ2v) is 5.51. The largest absolute Gasteiger partial charge is 0.213 e. The first-order valence-electron chi connectivity index (χ1n) is 3.51. The molecule has 0 spiro atoms. The summed E-state index contributed by atoms with van der Waals surface area (Å²) in [6.45, 7) is 1.95. The molecule has 2 aromatic rings. The quantitative estimate of drug-likeness (QED) is 0.807. The Bertz CT molecular complexity index is 415. The van der Waals surface area contributed by atoms with Crippen LogP contribution >= 0.6 is 43.2 Å². The molecule has 0 atom stereocenters. The molecule has 2 heterocycles. The molecule has 0 N–H and O–H groups in total. The average Bonchev–Trinajstić information content (AvgIpc) is 2.61. The fourth-order valence-electron chi connectivity index (χ4n) is 0.893. The summed E-state index contributed by atoms with van der Waals surface area (Å²) in [6.07, 6.45) is 1.90. The zero-order valence-corrected chi connectivity index (χ0v) is 10.6. The lowest BCUT2D eigenvalue weighted by molar-refractivity contribution is 0.851. The van der Waals surface area contributed by atoms with Gasteiger partial charge in [0.15, 0.2) is 0 Å². The molecule has 6 heteroatoms. The van der Waals surface area contributed by atoms with Crippen LogP contribution in [0.4, 0.5) is 0 Å². The van der Waals surface area contributed by atoms with Gasteiger partial charge >= 0.3 is 0 Å². The molecule has 0 saturated carbocycles.